The standard InChI is InChI=1S/C13H18ClN3O/c1-9(2)7-8-17(10-3-4-10)13(18)11-5-6-12(14)16-15-11/h5-6,9-10H,3-4,7-8H2,1-2H3. The van der Waals surface area contributed by atoms with Crippen LogP contribution < -0.4 is 0 Å². The van der Waals surface area contributed by atoms with Crippen LogP contribution in [0.1, 0.15) is 43.6 Å². The Balaban J connectivity index is 2.05. The van der Waals surface area contributed by atoms with E-state index in [2.05, 4.69) is 24.0 Å². The Morgan fingerprint density at radius 2 is 2.17 bits per heavy atom. The molecule has 1 heterocycles. The van der Waals surface area contributed by atoms with Gasteiger partial charge in [0.2, 0.25) is 0 Å². The summed E-state index contributed by atoms with van der Waals surface area (Å²) in [5.41, 5.74) is 0.384. The molecule has 0 bridgehead atoms. The van der Waals surface area contributed by atoms with Crippen LogP contribution in [-0.4, -0.2) is 33.6 Å². The third kappa shape index (κ3) is 3.42. The number of carbonyl (C=O) groups excluding carboxylic acids is 1. The molecule has 1 aliphatic carbocycles. The van der Waals surface area contributed by atoms with Crippen molar-refractivity contribution in [1.82, 2.24) is 15.1 Å². The van der Waals surface area contributed by atoms with E-state index in [9.17, 15) is 4.79 Å². The summed E-state index contributed by atoms with van der Waals surface area (Å²) in [6.45, 7) is 5.13. The van der Waals surface area contributed by atoms with E-state index in [1.54, 1.807) is 12.1 Å². The Morgan fingerprint density at radius 1 is 1.44 bits per heavy atom. The number of halogens is 1. The molecule has 1 amide bonds. The van der Waals surface area contributed by atoms with Crippen molar-refractivity contribution >= 4 is 17.5 Å². The van der Waals surface area contributed by atoms with Gasteiger partial charge in [-0.2, -0.15) is 0 Å². The van der Waals surface area contributed by atoms with Crippen molar-refractivity contribution in [3.8, 4) is 0 Å². The summed E-state index contributed by atoms with van der Waals surface area (Å²) in [7, 11) is 0. The summed E-state index contributed by atoms with van der Waals surface area (Å²) in [6.07, 6.45) is 3.22. The molecule has 5 heteroatoms. The van der Waals surface area contributed by atoms with Crippen LogP contribution in [0.3, 0.4) is 0 Å². The number of rotatable bonds is 5. The van der Waals surface area contributed by atoms with E-state index < -0.39 is 0 Å². The number of aromatic nitrogens is 2. The zero-order chi connectivity index (χ0) is 13.1. The Bertz CT molecular complexity index is 415. The summed E-state index contributed by atoms with van der Waals surface area (Å²) >= 11 is 5.68. The van der Waals surface area contributed by atoms with Gasteiger partial charge in [-0.3, -0.25) is 4.79 Å². The van der Waals surface area contributed by atoms with Crippen LogP contribution in [0.2, 0.25) is 5.15 Å². The highest BCUT2D eigenvalue weighted by Gasteiger charge is 2.33. The van der Waals surface area contributed by atoms with Gasteiger partial charge < -0.3 is 4.90 Å². The zero-order valence-corrected chi connectivity index (χ0v) is 11.5. The summed E-state index contributed by atoms with van der Waals surface area (Å²) in [5, 5.41) is 7.90. The van der Waals surface area contributed by atoms with E-state index in [1.807, 2.05) is 4.90 Å². The number of nitrogens with zero attached hydrogens (tertiary/aromatic N) is 3. The van der Waals surface area contributed by atoms with Crippen LogP contribution >= 0.6 is 11.6 Å². The summed E-state index contributed by atoms with van der Waals surface area (Å²) in [6, 6.07) is 3.64. The van der Waals surface area contributed by atoms with Crippen molar-refractivity contribution in [3.63, 3.8) is 0 Å². The molecular formula is C13H18ClN3O. The van der Waals surface area contributed by atoms with Crippen LogP contribution in [0.5, 0.6) is 0 Å². The van der Waals surface area contributed by atoms with Crippen LogP contribution in [0, 0.1) is 5.92 Å². The number of amides is 1. The molecule has 98 valence electrons. The van der Waals surface area contributed by atoms with Crippen LogP contribution in [-0.2, 0) is 0 Å². The number of hydrogen-bond donors (Lipinski definition) is 0. The predicted molar refractivity (Wildman–Crippen MR) is 70.6 cm³/mol. The lowest BCUT2D eigenvalue weighted by molar-refractivity contribution is 0.0728. The van der Waals surface area contributed by atoms with Gasteiger partial charge >= 0.3 is 0 Å². The minimum Gasteiger partial charge on any atom is -0.334 e. The van der Waals surface area contributed by atoms with Crippen molar-refractivity contribution in [3.05, 3.63) is 23.0 Å². The first-order valence-corrected chi connectivity index (χ1v) is 6.76. The molecule has 0 aliphatic heterocycles. The lowest BCUT2D eigenvalue weighted by Crippen LogP contribution is -2.35. The third-order valence-electron chi connectivity index (χ3n) is 3.05. The minimum atomic E-state index is -0.0256. The third-order valence-corrected chi connectivity index (χ3v) is 3.25. The second kappa shape index (κ2) is 5.65. The first kappa shape index (κ1) is 13.3. The van der Waals surface area contributed by atoms with Gasteiger partial charge in [0.15, 0.2) is 10.8 Å². The van der Waals surface area contributed by atoms with Gasteiger partial charge in [0.05, 0.1) is 0 Å². The predicted octanol–water partition coefficient (Wildman–Crippen LogP) is 2.78. The van der Waals surface area contributed by atoms with Gasteiger partial charge in [0.25, 0.3) is 5.91 Å². The molecule has 0 unspecified atom stereocenters. The lowest BCUT2D eigenvalue weighted by atomic mass is 10.1. The SMILES string of the molecule is CC(C)CCN(C(=O)c1ccc(Cl)nn1)C1CC1. The average molecular weight is 268 g/mol. The van der Waals surface area contributed by atoms with Gasteiger partial charge in [0, 0.05) is 12.6 Å². The van der Waals surface area contributed by atoms with E-state index in [-0.39, 0.29) is 5.91 Å². The normalized spacial score (nSPS) is 14.9. The van der Waals surface area contributed by atoms with Crippen LogP contribution in [0.25, 0.3) is 0 Å². The van der Waals surface area contributed by atoms with Gasteiger partial charge in [-0.15, -0.1) is 10.2 Å². The van der Waals surface area contributed by atoms with Gasteiger partial charge in [-0.25, -0.2) is 0 Å². The van der Waals surface area contributed by atoms with Crippen molar-refractivity contribution in [1.29, 1.82) is 0 Å². The van der Waals surface area contributed by atoms with Crippen molar-refractivity contribution in [2.24, 2.45) is 5.92 Å². The molecule has 1 fully saturated rings. The van der Waals surface area contributed by atoms with E-state index in [4.69, 9.17) is 11.6 Å². The maximum Gasteiger partial charge on any atom is 0.274 e. The summed E-state index contributed by atoms with van der Waals surface area (Å²) in [5.74, 6) is 0.567. The molecule has 1 aromatic rings. The highest BCUT2D eigenvalue weighted by atomic mass is 35.5. The van der Waals surface area contributed by atoms with Crippen LogP contribution in [0.15, 0.2) is 12.1 Å². The smallest absolute Gasteiger partial charge is 0.274 e. The molecule has 0 saturated heterocycles. The van der Waals surface area contributed by atoms with Crippen molar-refractivity contribution in [2.75, 3.05) is 6.54 Å². The van der Waals surface area contributed by atoms with Crippen molar-refractivity contribution < 1.29 is 4.79 Å². The molecule has 18 heavy (non-hydrogen) atoms. The Labute approximate surface area is 112 Å². The van der Waals surface area contributed by atoms with E-state index >= 15 is 0 Å². The molecule has 1 aromatic heterocycles. The van der Waals surface area contributed by atoms with Gasteiger partial charge in [-0.1, -0.05) is 25.4 Å². The second-order valence-electron chi connectivity index (χ2n) is 5.15. The molecule has 0 atom stereocenters. The molecule has 4 nitrogen and oxygen atoms in total. The molecule has 1 aliphatic rings. The van der Waals surface area contributed by atoms with Gasteiger partial charge in [-0.05, 0) is 37.3 Å². The fourth-order valence-corrected chi connectivity index (χ4v) is 1.91. The molecular weight excluding hydrogens is 250 g/mol. The molecule has 0 spiro atoms. The van der Waals surface area contributed by atoms with Crippen LogP contribution in [0.4, 0.5) is 0 Å². The highest BCUT2D eigenvalue weighted by Crippen LogP contribution is 2.28. The second-order valence-corrected chi connectivity index (χ2v) is 5.54. The Hall–Kier alpha value is -1.16. The maximum absolute atomic E-state index is 12.3. The monoisotopic (exact) mass is 267 g/mol. The molecule has 0 N–H and O–H groups in total. The molecule has 0 aromatic carbocycles. The summed E-state index contributed by atoms with van der Waals surface area (Å²) in [4.78, 5) is 14.3. The molecule has 0 radical (unpaired) electrons. The zero-order valence-electron chi connectivity index (χ0n) is 10.8. The van der Waals surface area contributed by atoms with E-state index in [0.717, 1.165) is 25.8 Å². The lowest BCUT2D eigenvalue weighted by Gasteiger charge is -2.22. The topological polar surface area (TPSA) is 46.1 Å². The quantitative estimate of drug-likeness (QED) is 0.824. The number of hydrogen-bond acceptors (Lipinski definition) is 3. The first-order valence-electron chi connectivity index (χ1n) is 6.38. The van der Waals surface area contributed by atoms with E-state index in [0.29, 0.717) is 22.8 Å². The average Bonchev–Trinajstić information content (AvgIpc) is 3.14. The largest absolute Gasteiger partial charge is 0.334 e. The fourth-order valence-electron chi connectivity index (χ4n) is 1.81. The minimum absolute atomic E-state index is 0.0256. The molecule has 2 rings (SSSR count). The highest BCUT2D eigenvalue weighted by molar-refractivity contribution is 6.29. The fraction of sp³-hybridized carbons (Fsp3) is 0.615. The van der Waals surface area contributed by atoms with Crippen molar-refractivity contribution in [2.45, 2.75) is 39.2 Å². The first-order chi connectivity index (χ1) is 8.58. The van der Waals surface area contributed by atoms with E-state index in [1.165, 1.54) is 0 Å². The Morgan fingerprint density at radius 3 is 2.67 bits per heavy atom. The number of carbonyl (C=O) groups is 1. The van der Waals surface area contributed by atoms with Gasteiger partial charge in [0.1, 0.15) is 0 Å². The Kier molecular flexibility index (Phi) is 4.17. The molecule has 1 saturated carbocycles. The summed E-state index contributed by atoms with van der Waals surface area (Å²) < 4.78 is 0. The maximum atomic E-state index is 12.3.